The van der Waals surface area contributed by atoms with Crippen LogP contribution in [-0.4, -0.2) is 40.0 Å². The minimum atomic E-state index is -0.897. The summed E-state index contributed by atoms with van der Waals surface area (Å²) >= 11 is 0. The van der Waals surface area contributed by atoms with Gasteiger partial charge in [0.1, 0.15) is 23.4 Å². The SMILES string of the molecule is O=C1C(=O)N(CCCO)C(c2ccco2)/C1=C(\O)c1ccc(F)cc1. The number of hydrogen-bond donors (Lipinski definition) is 2. The van der Waals surface area contributed by atoms with E-state index in [1.54, 1.807) is 12.1 Å². The molecule has 0 bridgehead atoms. The molecule has 3 rings (SSSR count). The zero-order valence-electron chi connectivity index (χ0n) is 13.2. The normalized spacial score (nSPS) is 19.6. The van der Waals surface area contributed by atoms with E-state index < -0.39 is 29.3 Å². The van der Waals surface area contributed by atoms with Gasteiger partial charge in [0.2, 0.25) is 0 Å². The van der Waals surface area contributed by atoms with Crippen molar-refractivity contribution in [3.8, 4) is 0 Å². The van der Waals surface area contributed by atoms with Crippen LogP contribution in [0.3, 0.4) is 0 Å². The van der Waals surface area contributed by atoms with E-state index in [9.17, 15) is 19.1 Å². The monoisotopic (exact) mass is 345 g/mol. The van der Waals surface area contributed by atoms with Gasteiger partial charge in [-0.15, -0.1) is 0 Å². The van der Waals surface area contributed by atoms with Gasteiger partial charge in [0.25, 0.3) is 11.7 Å². The number of rotatable bonds is 5. The van der Waals surface area contributed by atoms with Crippen LogP contribution in [0.1, 0.15) is 23.8 Å². The molecule has 0 aliphatic carbocycles. The highest BCUT2D eigenvalue weighted by Gasteiger charge is 2.47. The number of carbonyl (C=O) groups excluding carboxylic acids is 2. The third-order valence-corrected chi connectivity index (χ3v) is 4.03. The Morgan fingerprint density at radius 2 is 1.92 bits per heavy atom. The standard InChI is InChI=1S/C18H16FNO5/c19-12-6-4-11(5-7-12)16(22)14-15(13-3-1-10-25-13)20(8-2-9-21)18(24)17(14)23/h1,3-7,10,15,21-22H,2,8-9H2/b16-14+. The number of Topliss-reactive ketones (excluding diaryl/α,β-unsaturated/α-hetero) is 1. The number of likely N-dealkylation sites (tertiary alicyclic amines) is 1. The van der Waals surface area contributed by atoms with Crippen LogP contribution < -0.4 is 0 Å². The van der Waals surface area contributed by atoms with Crippen LogP contribution in [0.2, 0.25) is 0 Å². The van der Waals surface area contributed by atoms with Crippen molar-refractivity contribution in [2.75, 3.05) is 13.2 Å². The fourth-order valence-electron chi connectivity index (χ4n) is 2.86. The molecule has 2 aromatic rings. The molecule has 1 unspecified atom stereocenters. The van der Waals surface area contributed by atoms with E-state index in [-0.39, 0.29) is 30.7 Å². The van der Waals surface area contributed by atoms with Crippen LogP contribution in [-0.2, 0) is 9.59 Å². The van der Waals surface area contributed by atoms with Gasteiger partial charge in [0, 0.05) is 18.7 Å². The van der Waals surface area contributed by atoms with Crippen LogP contribution >= 0.6 is 0 Å². The zero-order chi connectivity index (χ0) is 18.0. The molecule has 1 atom stereocenters. The largest absolute Gasteiger partial charge is 0.507 e. The molecular weight excluding hydrogens is 329 g/mol. The number of furan rings is 1. The maximum atomic E-state index is 13.1. The predicted octanol–water partition coefficient (Wildman–Crippen LogP) is 2.22. The van der Waals surface area contributed by atoms with Crippen molar-refractivity contribution in [1.82, 2.24) is 4.90 Å². The molecule has 130 valence electrons. The number of carbonyl (C=O) groups is 2. The van der Waals surface area contributed by atoms with Crippen molar-refractivity contribution in [2.24, 2.45) is 0 Å². The van der Waals surface area contributed by atoms with Gasteiger partial charge in [-0.25, -0.2) is 4.39 Å². The first-order valence-corrected chi connectivity index (χ1v) is 7.73. The zero-order valence-corrected chi connectivity index (χ0v) is 13.2. The quantitative estimate of drug-likeness (QED) is 0.493. The summed E-state index contributed by atoms with van der Waals surface area (Å²) in [5.74, 6) is -2.19. The minimum Gasteiger partial charge on any atom is -0.507 e. The molecule has 0 spiro atoms. The summed E-state index contributed by atoms with van der Waals surface area (Å²) in [5.41, 5.74) is 0.0996. The second-order valence-electron chi connectivity index (χ2n) is 5.59. The van der Waals surface area contributed by atoms with Gasteiger partial charge in [-0.3, -0.25) is 9.59 Å². The first-order chi connectivity index (χ1) is 12.0. The summed E-state index contributed by atoms with van der Waals surface area (Å²) in [6, 6.07) is 7.26. The highest BCUT2D eigenvalue weighted by atomic mass is 19.1. The van der Waals surface area contributed by atoms with Gasteiger partial charge < -0.3 is 19.5 Å². The predicted molar refractivity (Wildman–Crippen MR) is 85.8 cm³/mol. The molecule has 1 fully saturated rings. The van der Waals surface area contributed by atoms with Crippen molar-refractivity contribution in [1.29, 1.82) is 0 Å². The first-order valence-electron chi connectivity index (χ1n) is 7.73. The van der Waals surface area contributed by atoms with Gasteiger partial charge in [0.05, 0.1) is 11.8 Å². The first kappa shape index (κ1) is 16.9. The fraction of sp³-hybridized carbons (Fsp3) is 0.222. The molecule has 1 saturated heterocycles. The molecule has 0 saturated carbocycles. The van der Waals surface area contributed by atoms with E-state index in [4.69, 9.17) is 9.52 Å². The van der Waals surface area contributed by atoms with Gasteiger partial charge in [-0.05, 0) is 42.8 Å². The number of nitrogens with zero attached hydrogens (tertiary/aromatic N) is 1. The lowest BCUT2D eigenvalue weighted by atomic mass is 9.99. The molecule has 6 nitrogen and oxygen atoms in total. The Kier molecular flexibility index (Phi) is 4.67. The van der Waals surface area contributed by atoms with Gasteiger partial charge >= 0.3 is 0 Å². The summed E-state index contributed by atoms with van der Waals surface area (Å²) in [4.78, 5) is 26.1. The Balaban J connectivity index is 2.11. The average Bonchev–Trinajstić information content (AvgIpc) is 3.21. The average molecular weight is 345 g/mol. The molecule has 1 aromatic carbocycles. The third-order valence-electron chi connectivity index (χ3n) is 4.03. The van der Waals surface area contributed by atoms with Crippen LogP contribution in [0.5, 0.6) is 0 Å². The highest BCUT2D eigenvalue weighted by molar-refractivity contribution is 6.46. The van der Waals surface area contributed by atoms with Crippen molar-refractivity contribution < 1.29 is 28.6 Å². The minimum absolute atomic E-state index is 0.121. The molecule has 1 amide bonds. The molecule has 2 heterocycles. The Morgan fingerprint density at radius 1 is 1.20 bits per heavy atom. The molecule has 7 heteroatoms. The molecule has 1 aliphatic rings. The topological polar surface area (TPSA) is 91.0 Å². The Morgan fingerprint density at radius 3 is 2.52 bits per heavy atom. The molecule has 1 aliphatic heterocycles. The Hall–Kier alpha value is -2.93. The van der Waals surface area contributed by atoms with E-state index in [1.807, 2.05) is 0 Å². The lowest BCUT2D eigenvalue weighted by Crippen LogP contribution is -2.31. The molecule has 2 N–H and O–H groups in total. The highest BCUT2D eigenvalue weighted by Crippen LogP contribution is 2.39. The van der Waals surface area contributed by atoms with E-state index in [1.165, 1.54) is 23.3 Å². The summed E-state index contributed by atoms with van der Waals surface area (Å²) in [6.45, 7) is -0.0154. The van der Waals surface area contributed by atoms with Gasteiger partial charge in [0.15, 0.2) is 0 Å². The molecular formula is C18H16FNO5. The maximum absolute atomic E-state index is 13.1. The van der Waals surface area contributed by atoms with Gasteiger partial charge in [-0.1, -0.05) is 0 Å². The smallest absolute Gasteiger partial charge is 0.295 e. The number of aliphatic hydroxyl groups is 2. The van der Waals surface area contributed by atoms with E-state index in [2.05, 4.69) is 0 Å². The van der Waals surface area contributed by atoms with Crippen molar-refractivity contribution in [3.05, 3.63) is 65.4 Å². The number of aliphatic hydroxyl groups excluding tert-OH is 2. The summed E-state index contributed by atoms with van der Waals surface area (Å²) in [5, 5.41) is 19.6. The van der Waals surface area contributed by atoms with Crippen LogP contribution in [0.15, 0.2) is 52.7 Å². The summed E-state index contributed by atoms with van der Waals surface area (Å²) in [7, 11) is 0. The van der Waals surface area contributed by atoms with Crippen LogP contribution in [0, 0.1) is 5.82 Å². The van der Waals surface area contributed by atoms with Crippen molar-refractivity contribution in [3.63, 3.8) is 0 Å². The van der Waals surface area contributed by atoms with Crippen LogP contribution in [0.25, 0.3) is 5.76 Å². The van der Waals surface area contributed by atoms with Crippen molar-refractivity contribution in [2.45, 2.75) is 12.5 Å². The Bertz CT molecular complexity index is 811. The van der Waals surface area contributed by atoms with E-state index in [0.717, 1.165) is 12.1 Å². The Labute approximate surface area is 142 Å². The lowest BCUT2D eigenvalue weighted by Gasteiger charge is -2.22. The van der Waals surface area contributed by atoms with Crippen molar-refractivity contribution >= 4 is 17.4 Å². The fourth-order valence-corrected chi connectivity index (χ4v) is 2.86. The molecule has 1 aromatic heterocycles. The number of benzene rings is 1. The second kappa shape index (κ2) is 6.90. The lowest BCUT2D eigenvalue weighted by molar-refractivity contribution is -0.140. The van der Waals surface area contributed by atoms with E-state index in [0.29, 0.717) is 5.76 Å². The molecule has 0 radical (unpaired) electrons. The number of halogens is 1. The molecule has 25 heavy (non-hydrogen) atoms. The summed E-state index contributed by atoms with van der Waals surface area (Å²) in [6.07, 6.45) is 1.68. The third kappa shape index (κ3) is 3.06. The maximum Gasteiger partial charge on any atom is 0.295 e. The van der Waals surface area contributed by atoms with Crippen LogP contribution in [0.4, 0.5) is 4.39 Å². The number of ketones is 1. The van der Waals surface area contributed by atoms with Gasteiger partial charge in [-0.2, -0.15) is 0 Å². The summed E-state index contributed by atoms with van der Waals surface area (Å²) < 4.78 is 18.4. The number of hydrogen-bond acceptors (Lipinski definition) is 5. The number of amides is 1. The van der Waals surface area contributed by atoms with E-state index >= 15 is 0 Å². The second-order valence-corrected chi connectivity index (χ2v) is 5.59.